The van der Waals surface area contributed by atoms with Crippen LogP contribution in [0.4, 0.5) is 4.39 Å². The molecule has 0 aliphatic carbocycles. The summed E-state index contributed by atoms with van der Waals surface area (Å²) in [6, 6.07) is 6.67. The molecule has 4 nitrogen and oxygen atoms in total. The third-order valence-electron chi connectivity index (χ3n) is 3.13. The number of benzene rings is 1. The minimum atomic E-state index is -0.556. The number of hydrogen-bond acceptors (Lipinski definition) is 4. The Bertz CT molecular complexity index is 386. The van der Waals surface area contributed by atoms with E-state index in [0.717, 1.165) is 12.0 Å². The molecule has 21 heavy (non-hydrogen) atoms. The van der Waals surface area contributed by atoms with E-state index in [2.05, 4.69) is 5.32 Å². The van der Waals surface area contributed by atoms with Crippen molar-refractivity contribution in [3.63, 3.8) is 0 Å². The van der Waals surface area contributed by atoms with Crippen LogP contribution in [0.25, 0.3) is 0 Å². The van der Waals surface area contributed by atoms with Crippen LogP contribution in [0.1, 0.15) is 19.4 Å². The molecule has 0 fully saturated rings. The molecule has 0 aromatic heterocycles. The van der Waals surface area contributed by atoms with Crippen LogP contribution in [0.15, 0.2) is 24.3 Å². The number of aliphatic hydroxyl groups excluding tert-OH is 1. The molecule has 0 spiro atoms. The van der Waals surface area contributed by atoms with E-state index in [9.17, 15) is 9.50 Å². The van der Waals surface area contributed by atoms with Gasteiger partial charge in [-0.1, -0.05) is 12.1 Å². The summed E-state index contributed by atoms with van der Waals surface area (Å²) < 4.78 is 23.2. The fraction of sp³-hybridized carbons (Fsp3) is 0.625. The van der Waals surface area contributed by atoms with Crippen LogP contribution in [0, 0.1) is 5.82 Å². The number of aliphatic hydroxyl groups is 1. The molecule has 1 rings (SSSR count). The predicted octanol–water partition coefficient (Wildman–Crippen LogP) is 1.76. The van der Waals surface area contributed by atoms with Gasteiger partial charge in [-0.05, 0) is 38.0 Å². The van der Waals surface area contributed by atoms with Crippen LogP contribution in [0.5, 0.6) is 0 Å². The second kappa shape index (κ2) is 9.84. The SMILES string of the molecule is COCC(C)OCC(O)CNC(C)Cc1ccc(F)cc1. The molecule has 1 aromatic carbocycles. The van der Waals surface area contributed by atoms with Crippen molar-refractivity contribution in [2.45, 2.75) is 38.5 Å². The summed E-state index contributed by atoms with van der Waals surface area (Å²) in [6.45, 7) is 5.19. The number of hydrogen-bond donors (Lipinski definition) is 2. The lowest BCUT2D eigenvalue weighted by Gasteiger charge is -2.19. The van der Waals surface area contributed by atoms with Gasteiger partial charge in [0.25, 0.3) is 0 Å². The van der Waals surface area contributed by atoms with Gasteiger partial charge in [0, 0.05) is 19.7 Å². The van der Waals surface area contributed by atoms with Crippen LogP contribution < -0.4 is 5.32 Å². The Kier molecular flexibility index (Phi) is 8.45. The summed E-state index contributed by atoms with van der Waals surface area (Å²) in [4.78, 5) is 0. The first-order valence-electron chi connectivity index (χ1n) is 7.27. The highest BCUT2D eigenvalue weighted by Gasteiger charge is 2.10. The van der Waals surface area contributed by atoms with Gasteiger partial charge in [0.1, 0.15) is 5.82 Å². The Hall–Kier alpha value is -1.01. The van der Waals surface area contributed by atoms with Crippen LogP contribution in [0.2, 0.25) is 0 Å². The maximum absolute atomic E-state index is 12.8. The fourth-order valence-corrected chi connectivity index (χ4v) is 2.00. The standard InChI is InChI=1S/C16H26FNO3/c1-12(8-14-4-6-15(17)7-5-14)18-9-16(19)11-21-13(2)10-20-3/h4-7,12-13,16,18-19H,8-11H2,1-3H3. The molecule has 1 aromatic rings. The third-order valence-corrected chi connectivity index (χ3v) is 3.13. The molecule has 2 N–H and O–H groups in total. The van der Waals surface area contributed by atoms with Crippen molar-refractivity contribution >= 4 is 0 Å². The van der Waals surface area contributed by atoms with Gasteiger partial charge in [0.05, 0.1) is 25.4 Å². The van der Waals surface area contributed by atoms with Gasteiger partial charge in [-0.15, -0.1) is 0 Å². The number of nitrogens with one attached hydrogen (secondary N) is 1. The number of ether oxygens (including phenoxy) is 2. The van der Waals surface area contributed by atoms with E-state index in [-0.39, 0.29) is 24.6 Å². The Balaban J connectivity index is 2.19. The molecule has 120 valence electrons. The van der Waals surface area contributed by atoms with E-state index in [1.54, 1.807) is 19.2 Å². The van der Waals surface area contributed by atoms with Gasteiger partial charge >= 0.3 is 0 Å². The first-order valence-corrected chi connectivity index (χ1v) is 7.27. The number of methoxy groups -OCH3 is 1. The van der Waals surface area contributed by atoms with E-state index in [4.69, 9.17) is 9.47 Å². The highest BCUT2D eigenvalue weighted by molar-refractivity contribution is 5.16. The van der Waals surface area contributed by atoms with Crippen molar-refractivity contribution in [3.05, 3.63) is 35.6 Å². The third kappa shape index (κ3) is 8.12. The van der Waals surface area contributed by atoms with Gasteiger partial charge in [0.15, 0.2) is 0 Å². The molecule has 0 aliphatic heterocycles. The van der Waals surface area contributed by atoms with Crippen molar-refractivity contribution < 1.29 is 19.0 Å². The summed E-state index contributed by atoms with van der Waals surface area (Å²) in [5.41, 5.74) is 1.07. The maximum atomic E-state index is 12.8. The van der Waals surface area contributed by atoms with E-state index in [1.807, 2.05) is 13.8 Å². The molecule has 0 heterocycles. The van der Waals surface area contributed by atoms with E-state index in [0.29, 0.717) is 13.2 Å². The average Bonchev–Trinajstić information content (AvgIpc) is 2.46. The van der Waals surface area contributed by atoms with Crippen molar-refractivity contribution in [1.29, 1.82) is 0 Å². The van der Waals surface area contributed by atoms with E-state index >= 15 is 0 Å². The van der Waals surface area contributed by atoms with Gasteiger partial charge in [-0.2, -0.15) is 0 Å². The predicted molar refractivity (Wildman–Crippen MR) is 80.9 cm³/mol. The maximum Gasteiger partial charge on any atom is 0.123 e. The van der Waals surface area contributed by atoms with Crippen molar-refractivity contribution in [1.82, 2.24) is 5.32 Å². The quantitative estimate of drug-likeness (QED) is 0.691. The Morgan fingerprint density at radius 1 is 1.19 bits per heavy atom. The number of rotatable bonds is 10. The second-order valence-corrected chi connectivity index (χ2v) is 5.39. The second-order valence-electron chi connectivity index (χ2n) is 5.39. The summed E-state index contributed by atoms with van der Waals surface area (Å²) in [6.07, 6.45) is 0.203. The van der Waals surface area contributed by atoms with Crippen molar-refractivity contribution in [2.24, 2.45) is 0 Å². The normalized spacial score (nSPS) is 15.7. The highest BCUT2D eigenvalue weighted by atomic mass is 19.1. The molecule has 0 saturated heterocycles. The summed E-state index contributed by atoms with van der Waals surface area (Å²) in [5, 5.41) is 13.1. The fourth-order valence-electron chi connectivity index (χ4n) is 2.00. The topological polar surface area (TPSA) is 50.7 Å². The van der Waals surface area contributed by atoms with Crippen molar-refractivity contribution in [2.75, 3.05) is 26.9 Å². The molecular formula is C16H26FNO3. The Morgan fingerprint density at radius 2 is 1.86 bits per heavy atom. The van der Waals surface area contributed by atoms with E-state index in [1.165, 1.54) is 12.1 Å². The molecule has 0 saturated carbocycles. The molecule has 0 amide bonds. The average molecular weight is 299 g/mol. The van der Waals surface area contributed by atoms with Crippen LogP contribution in [-0.2, 0) is 15.9 Å². The van der Waals surface area contributed by atoms with Gasteiger partial charge < -0.3 is 19.9 Å². The largest absolute Gasteiger partial charge is 0.389 e. The summed E-state index contributed by atoms with van der Waals surface area (Å²) in [7, 11) is 1.62. The Labute approximate surface area is 126 Å². The van der Waals surface area contributed by atoms with Crippen LogP contribution >= 0.6 is 0 Å². The minimum Gasteiger partial charge on any atom is -0.389 e. The zero-order chi connectivity index (χ0) is 15.7. The first kappa shape index (κ1) is 18.0. The van der Waals surface area contributed by atoms with E-state index < -0.39 is 6.10 Å². The summed E-state index contributed by atoms with van der Waals surface area (Å²) in [5.74, 6) is -0.225. The molecule has 3 atom stereocenters. The molecular weight excluding hydrogens is 273 g/mol. The molecule has 5 heteroatoms. The molecule has 0 aliphatic rings. The minimum absolute atomic E-state index is 0.0266. The smallest absolute Gasteiger partial charge is 0.123 e. The van der Waals surface area contributed by atoms with Crippen LogP contribution in [-0.4, -0.2) is 50.2 Å². The van der Waals surface area contributed by atoms with Crippen molar-refractivity contribution in [3.8, 4) is 0 Å². The van der Waals surface area contributed by atoms with Gasteiger partial charge in [0.2, 0.25) is 0 Å². The first-order chi connectivity index (χ1) is 10.0. The zero-order valence-electron chi connectivity index (χ0n) is 13.0. The number of halogens is 1. The lowest BCUT2D eigenvalue weighted by Crippen LogP contribution is -2.37. The van der Waals surface area contributed by atoms with Gasteiger partial charge in [-0.3, -0.25) is 0 Å². The molecule has 0 radical (unpaired) electrons. The summed E-state index contributed by atoms with van der Waals surface area (Å²) >= 11 is 0. The Morgan fingerprint density at radius 3 is 2.48 bits per heavy atom. The monoisotopic (exact) mass is 299 g/mol. The lowest BCUT2D eigenvalue weighted by molar-refractivity contribution is -0.0314. The highest BCUT2D eigenvalue weighted by Crippen LogP contribution is 2.05. The van der Waals surface area contributed by atoms with Gasteiger partial charge in [-0.25, -0.2) is 4.39 Å². The molecule has 0 bridgehead atoms. The van der Waals surface area contributed by atoms with Crippen LogP contribution in [0.3, 0.4) is 0 Å². The zero-order valence-corrected chi connectivity index (χ0v) is 13.0. The molecule has 3 unspecified atom stereocenters. The lowest BCUT2D eigenvalue weighted by atomic mass is 10.1.